The zero-order valence-corrected chi connectivity index (χ0v) is 9.05. The average molecular weight is 178 g/mol. The molecule has 0 aromatic heterocycles. The van der Waals surface area contributed by atoms with Gasteiger partial charge < -0.3 is 0 Å². The van der Waals surface area contributed by atoms with Crippen molar-refractivity contribution in [1.29, 1.82) is 0 Å². The first kappa shape index (κ1) is 8.32. The van der Waals surface area contributed by atoms with E-state index in [0.717, 1.165) is 29.1 Å². The molecule has 3 aliphatic rings. The smallest absolute Gasteiger partial charge is 0.0243 e. The first-order valence-corrected chi connectivity index (χ1v) is 6.21. The fraction of sp³-hybridized carbons (Fsp3) is 1.00. The molecule has 0 radical (unpaired) electrons. The van der Waals surface area contributed by atoms with Gasteiger partial charge in [0.15, 0.2) is 0 Å². The Labute approximate surface area is 82.1 Å². The van der Waals surface area contributed by atoms with Gasteiger partial charge in [0.25, 0.3) is 0 Å². The number of hydrogen-bond donors (Lipinski definition) is 0. The van der Waals surface area contributed by atoms with Gasteiger partial charge in [-0.25, -0.2) is 0 Å². The standard InChI is InChI=1S/C13H22/c1-9(2)13-4-3-10-5-11(8-13)7-12(13)6-10/h9-12H,3-8H2,1-2H3. The van der Waals surface area contributed by atoms with Gasteiger partial charge in [0.05, 0.1) is 0 Å². The van der Waals surface area contributed by atoms with Gasteiger partial charge in [0.2, 0.25) is 0 Å². The predicted octanol–water partition coefficient (Wildman–Crippen LogP) is 3.86. The molecule has 0 N–H and O–H groups in total. The van der Waals surface area contributed by atoms with Crippen molar-refractivity contribution in [1.82, 2.24) is 0 Å². The molecule has 3 aliphatic carbocycles. The SMILES string of the molecule is CC(C)C12CCC3CC(CC1C3)C2. The minimum Gasteiger partial charge on any atom is -0.0622 e. The Bertz CT molecular complexity index is 218. The van der Waals surface area contributed by atoms with Gasteiger partial charge >= 0.3 is 0 Å². The third-order valence-electron chi connectivity index (χ3n) is 5.55. The summed E-state index contributed by atoms with van der Waals surface area (Å²) < 4.78 is 0. The molecule has 0 nitrogen and oxygen atoms in total. The van der Waals surface area contributed by atoms with Crippen molar-refractivity contribution in [3.8, 4) is 0 Å². The van der Waals surface area contributed by atoms with Gasteiger partial charge in [-0.05, 0) is 67.6 Å². The minimum atomic E-state index is 0.803. The number of fused-ring (bicyclic) bond motifs is 2. The summed E-state index contributed by atoms with van der Waals surface area (Å²) in [7, 11) is 0. The van der Waals surface area contributed by atoms with Crippen molar-refractivity contribution in [2.75, 3.05) is 0 Å². The van der Waals surface area contributed by atoms with E-state index in [4.69, 9.17) is 0 Å². The van der Waals surface area contributed by atoms with Gasteiger partial charge in [0, 0.05) is 0 Å². The van der Waals surface area contributed by atoms with E-state index in [1.807, 2.05) is 0 Å². The van der Waals surface area contributed by atoms with E-state index in [-0.39, 0.29) is 0 Å². The summed E-state index contributed by atoms with van der Waals surface area (Å²) in [5.41, 5.74) is 0.803. The molecule has 3 fully saturated rings. The van der Waals surface area contributed by atoms with E-state index in [1.165, 1.54) is 0 Å². The Morgan fingerprint density at radius 1 is 1.08 bits per heavy atom. The van der Waals surface area contributed by atoms with Crippen LogP contribution in [0.15, 0.2) is 0 Å². The van der Waals surface area contributed by atoms with E-state index < -0.39 is 0 Å². The molecular formula is C13H22. The molecule has 0 aromatic carbocycles. The zero-order chi connectivity index (χ0) is 9.05. The van der Waals surface area contributed by atoms with Gasteiger partial charge in [-0.3, -0.25) is 0 Å². The fourth-order valence-corrected chi connectivity index (χ4v) is 4.92. The molecule has 4 atom stereocenters. The fourth-order valence-electron chi connectivity index (χ4n) is 4.92. The summed E-state index contributed by atoms with van der Waals surface area (Å²) in [6, 6.07) is 0. The first-order valence-electron chi connectivity index (χ1n) is 6.21. The Kier molecular flexibility index (Phi) is 1.61. The molecule has 0 saturated heterocycles. The van der Waals surface area contributed by atoms with Crippen LogP contribution in [0.25, 0.3) is 0 Å². The normalized spacial score (nSPS) is 53.3. The third-order valence-corrected chi connectivity index (χ3v) is 5.55. The summed E-state index contributed by atoms with van der Waals surface area (Å²) >= 11 is 0. The van der Waals surface area contributed by atoms with E-state index >= 15 is 0 Å². The molecule has 0 heteroatoms. The zero-order valence-electron chi connectivity index (χ0n) is 9.05. The molecule has 74 valence electrons. The average Bonchev–Trinajstić information content (AvgIpc) is 2.25. The van der Waals surface area contributed by atoms with Crippen molar-refractivity contribution in [3.05, 3.63) is 0 Å². The number of rotatable bonds is 1. The van der Waals surface area contributed by atoms with Gasteiger partial charge in [-0.15, -0.1) is 0 Å². The lowest BCUT2D eigenvalue weighted by molar-refractivity contribution is 0.0466. The molecule has 3 bridgehead atoms. The Hall–Kier alpha value is 0. The minimum absolute atomic E-state index is 0.803. The van der Waals surface area contributed by atoms with Crippen molar-refractivity contribution in [2.45, 2.75) is 52.4 Å². The summed E-state index contributed by atoms with van der Waals surface area (Å²) in [4.78, 5) is 0. The second-order valence-corrected chi connectivity index (χ2v) is 6.27. The van der Waals surface area contributed by atoms with Crippen LogP contribution in [0.2, 0.25) is 0 Å². The lowest BCUT2D eigenvalue weighted by atomic mass is 9.60. The highest BCUT2D eigenvalue weighted by Crippen LogP contribution is 2.64. The molecule has 13 heavy (non-hydrogen) atoms. The van der Waals surface area contributed by atoms with E-state index in [0.29, 0.717) is 0 Å². The summed E-state index contributed by atoms with van der Waals surface area (Å²) in [5.74, 6) is 4.35. The molecule has 0 heterocycles. The largest absolute Gasteiger partial charge is 0.0622 e. The Morgan fingerprint density at radius 2 is 1.85 bits per heavy atom. The van der Waals surface area contributed by atoms with Crippen LogP contribution in [0, 0.1) is 29.1 Å². The van der Waals surface area contributed by atoms with Crippen molar-refractivity contribution in [2.24, 2.45) is 29.1 Å². The molecule has 3 rings (SSSR count). The van der Waals surface area contributed by atoms with Gasteiger partial charge in [-0.2, -0.15) is 0 Å². The van der Waals surface area contributed by atoms with Crippen molar-refractivity contribution in [3.63, 3.8) is 0 Å². The Balaban J connectivity index is 1.96. The highest BCUT2D eigenvalue weighted by atomic mass is 14.6. The monoisotopic (exact) mass is 178 g/mol. The van der Waals surface area contributed by atoms with Crippen LogP contribution in [0.3, 0.4) is 0 Å². The predicted molar refractivity (Wildman–Crippen MR) is 55.4 cm³/mol. The van der Waals surface area contributed by atoms with E-state index in [1.54, 1.807) is 38.5 Å². The molecular weight excluding hydrogens is 156 g/mol. The molecule has 0 aromatic rings. The van der Waals surface area contributed by atoms with Crippen LogP contribution in [0.1, 0.15) is 52.4 Å². The van der Waals surface area contributed by atoms with Crippen molar-refractivity contribution >= 4 is 0 Å². The molecule has 0 amide bonds. The third kappa shape index (κ3) is 0.980. The van der Waals surface area contributed by atoms with Crippen LogP contribution in [0.4, 0.5) is 0 Å². The van der Waals surface area contributed by atoms with Crippen LogP contribution in [-0.2, 0) is 0 Å². The van der Waals surface area contributed by atoms with E-state index in [9.17, 15) is 0 Å². The molecule has 0 spiro atoms. The maximum absolute atomic E-state index is 2.47. The van der Waals surface area contributed by atoms with Crippen LogP contribution in [0.5, 0.6) is 0 Å². The van der Waals surface area contributed by atoms with Gasteiger partial charge in [-0.1, -0.05) is 13.8 Å². The highest BCUT2D eigenvalue weighted by molar-refractivity contribution is 5.04. The lowest BCUT2D eigenvalue weighted by Gasteiger charge is -2.45. The quantitative estimate of drug-likeness (QED) is 0.572. The van der Waals surface area contributed by atoms with Crippen LogP contribution in [-0.4, -0.2) is 0 Å². The van der Waals surface area contributed by atoms with Crippen LogP contribution >= 0.6 is 0 Å². The van der Waals surface area contributed by atoms with Crippen LogP contribution < -0.4 is 0 Å². The second-order valence-electron chi connectivity index (χ2n) is 6.27. The summed E-state index contributed by atoms with van der Waals surface area (Å²) in [5, 5.41) is 0. The maximum Gasteiger partial charge on any atom is -0.0243 e. The summed E-state index contributed by atoms with van der Waals surface area (Å²) in [6.45, 7) is 4.95. The lowest BCUT2D eigenvalue weighted by Crippen LogP contribution is -2.36. The molecule has 0 aliphatic heterocycles. The number of hydrogen-bond acceptors (Lipinski definition) is 0. The topological polar surface area (TPSA) is 0 Å². The van der Waals surface area contributed by atoms with E-state index in [2.05, 4.69) is 13.8 Å². The first-order chi connectivity index (χ1) is 6.21. The molecule has 4 unspecified atom stereocenters. The second kappa shape index (κ2) is 2.52. The highest BCUT2D eigenvalue weighted by Gasteiger charge is 2.54. The van der Waals surface area contributed by atoms with Gasteiger partial charge in [0.1, 0.15) is 0 Å². The summed E-state index contributed by atoms with van der Waals surface area (Å²) in [6.07, 6.45) is 9.49. The van der Waals surface area contributed by atoms with Crippen molar-refractivity contribution < 1.29 is 0 Å². The Morgan fingerprint density at radius 3 is 2.62 bits per heavy atom. The maximum atomic E-state index is 2.47. The molecule has 3 saturated carbocycles.